The zero-order chi connectivity index (χ0) is 22.9. The van der Waals surface area contributed by atoms with E-state index in [2.05, 4.69) is 30.9 Å². The number of H-pyrrole nitrogens is 1. The number of hydrogen-bond acceptors (Lipinski definition) is 7. The van der Waals surface area contributed by atoms with Crippen molar-refractivity contribution in [3.05, 3.63) is 82.2 Å². The molecular formula is C22H20N8O3. The van der Waals surface area contributed by atoms with E-state index in [1.54, 1.807) is 31.3 Å². The summed E-state index contributed by atoms with van der Waals surface area (Å²) in [5.74, 6) is 0.0281. The fourth-order valence-electron chi connectivity index (χ4n) is 3.43. The third kappa shape index (κ3) is 3.99. The third-order valence-corrected chi connectivity index (χ3v) is 5.05. The normalized spacial score (nSPS) is 11.1. The number of para-hydroxylation sites is 1. The smallest absolute Gasteiger partial charge is 0.273 e. The van der Waals surface area contributed by atoms with Crippen LogP contribution in [0.15, 0.2) is 59.8 Å². The van der Waals surface area contributed by atoms with Crippen LogP contribution >= 0.6 is 0 Å². The van der Waals surface area contributed by atoms with Crippen molar-refractivity contribution < 1.29 is 9.53 Å². The van der Waals surface area contributed by atoms with Gasteiger partial charge in [-0.05, 0) is 30.7 Å². The molecule has 1 aromatic carbocycles. The summed E-state index contributed by atoms with van der Waals surface area (Å²) in [6, 6.07) is 10.8. The summed E-state index contributed by atoms with van der Waals surface area (Å²) in [6.07, 6.45) is 5.31. The van der Waals surface area contributed by atoms with Crippen molar-refractivity contribution in [3.8, 4) is 5.75 Å². The van der Waals surface area contributed by atoms with Gasteiger partial charge in [-0.2, -0.15) is 10.1 Å². The number of hydrazine groups is 1. The van der Waals surface area contributed by atoms with Crippen LogP contribution in [0, 0.1) is 6.92 Å². The van der Waals surface area contributed by atoms with E-state index in [0.717, 1.165) is 16.9 Å². The van der Waals surface area contributed by atoms with Gasteiger partial charge in [-0.15, -0.1) is 0 Å². The molecule has 0 fully saturated rings. The first-order valence-corrected chi connectivity index (χ1v) is 10.1. The van der Waals surface area contributed by atoms with Gasteiger partial charge in [0.05, 0.1) is 17.5 Å². The topological polar surface area (TPSA) is 131 Å². The lowest BCUT2D eigenvalue weighted by molar-refractivity contribution is 0.0957. The van der Waals surface area contributed by atoms with Gasteiger partial charge in [-0.25, -0.2) is 4.98 Å². The Labute approximate surface area is 187 Å². The van der Waals surface area contributed by atoms with E-state index < -0.39 is 5.91 Å². The van der Waals surface area contributed by atoms with Gasteiger partial charge in [0.25, 0.3) is 11.5 Å². The summed E-state index contributed by atoms with van der Waals surface area (Å²) in [5.41, 5.74) is 8.19. The van der Waals surface area contributed by atoms with E-state index in [0.29, 0.717) is 22.3 Å². The van der Waals surface area contributed by atoms with E-state index in [-0.39, 0.29) is 18.1 Å². The first-order chi connectivity index (χ1) is 16.0. The Hall–Kier alpha value is -4.67. The highest BCUT2D eigenvalue weighted by molar-refractivity contribution is 5.97. The number of carbonyl (C=O) groups is 1. The number of nitrogens with one attached hydrogen (secondary N) is 3. The molecule has 0 saturated carbocycles. The number of benzene rings is 1. The molecule has 5 aromatic rings. The number of aryl methyl sites for hydroxylation is 2. The van der Waals surface area contributed by atoms with Crippen molar-refractivity contribution in [2.45, 2.75) is 13.5 Å². The molecule has 0 aliphatic carbocycles. The summed E-state index contributed by atoms with van der Waals surface area (Å²) >= 11 is 0. The molecule has 5 rings (SSSR count). The largest absolute Gasteiger partial charge is 0.486 e. The minimum Gasteiger partial charge on any atom is -0.486 e. The molecule has 3 N–H and O–H groups in total. The van der Waals surface area contributed by atoms with Gasteiger partial charge >= 0.3 is 0 Å². The maximum Gasteiger partial charge on any atom is 0.273 e. The van der Waals surface area contributed by atoms with Gasteiger partial charge < -0.3 is 9.14 Å². The molecule has 0 spiro atoms. The summed E-state index contributed by atoms with van der Waals surface area (Å²) < 4.78 is 9.30. The summed E-state index contributed by atoms with van der Waals surface area (Å²) in [7, 11) is 1.68. The Morgan fingerprint density at radius 2 is 2.00 bits per heavy atom. The zero-order valence-corrected chi connectivity index (χ0v) is 17.9. The molecule has 0 aliphatic heterocycles. The fourth-order valence-corrected chi connectivity index (χ4v) is 3.43. The lowest BCUT2D eigenvalue weighted by Crippen LogP contribution is -2.31. The molecular weight excluding hydrogens is 424 g/mol. The minimum absolute atomic E-state index is 0.0860. The van der Waals surface area contributed by atoms with Crippen LogP contribution in [0.25, 0.3) is 16.7 Å². The van der Waals surface area contributed by atoms with Gasteiger partial charge in [-0.1, -0.05) is 18.2 Å². The Morgan fingerprint density at radius 3 is 2.88 bits per heavy atom. The highest BCUT2D eigenvalue weighted by Crippen LogP contribution is 2.19. The van der Waals surface area contributed by atoms with Gasteiger partial charge in [-0.3, -0.25) is 30.1 Å². The minimum atomic E-state index is -0.455. The van der Waals surface area contributed by atoms with Crippen LogP contribution in [0.5, 0.6) is 5.75 Å². The Kier molecular flexibility index (Phi) is 4.98. The fraction of sp³-hybridized carbons (Fsp3) is 0.136. The predicted octanol–water partition coefficient (Wildman–Crippen LogP) is 1.95. The zero-order valence-electron chi connectivity index (χ0n) is 17.9. The molecule has 0 unspecified atom stereocenters. The third-order valence-electron chi connectivity index (χ3n) is 5.05. The second-order valence-corrected chi connectivity index (χ2v) is 7.49. The summed E-state index contributed by atoms with van der Waals surface area (Å²) in [4.78, 5) is 36.3. The van der Waals surface area contributed by atoms with Gasteiger partial charge in [0.2, 0.25) is 5.95 Å². The quantitative estimate of drug-likeness (QED) is 0.341. The molecule has 0 aliphatic rings. The molecule has 0 radical (unpaired) electrons. The van der Waals surface area contributed by atoms with Crippen molar-refractivity contribution in [3.63, 3.8) is 0 Å². The SMILES string of the molecule is Cc1ccc2nc(COc3ccccc3C(=O)NNc3nc4c(cnn4C)c(=O)[nH]3)cn2c1. The second-order valence-electron chi connectivity index (χ2n) is 7.49. The van der Waals surface area contributed by atoms with Crippen molar-refractivity contribution in [2.24, 2.45) is 7.05 Å². The Bertz CT molecular complexity index is 1550. The first-order valence-electron chi connectivity index (χ1n) is 10.1. The van der Waals surface area contributed by atoms with Crippen molar-refractivity contribution in [1.82, 2.24) is 34.6 Å². The van der Waals surface area contributed by atoms with E-state index in [9.17, 15) is 9.59 Å². The number of amides is 1. The molecule has 4 aromatic heterocycles. The predicted molar refractivity (Wildman–Crippen MR) is 121 cm³/mol. The number of imidazole rings is 1. The number of rotatable bonds is 6. The molecule has 166 valence electrons. The van der Waals surface area contributed by atoms with E-state index >= 15 is 0 Å². The number of hydrogen-bond donors (Lipinski definition) is 3. The average molecular weight is 444 g/mol. The highest BCUT2D eigenvalue weighted by Gasteiger charge is 2.14. The van der Waals surface area contributed by atoms with Crippen LogP contribution in [-0.2, 0) is 13.7 Å². The first kappa shape index (κ1) is 20.2. The van der Waals surface area contributed by atoms with Crippen molar-refractivity contribution in [1.29, 1.82) is 0 Å². The monoisotopic (exact) mass is 444 g/mol. The second kappa shape index (κ2) is 8.11. The van der Waals surface area contributed by atoms with Crippen molar-refractivity contribution in [2.75, 3.05) is 5.43 Å². The van der Waals surface area contributed by atoms with Gasteiger partial charge in [0.15, 0.2) is 5.65 Å². The molecule has 0 saturated heterocycles. The van der Waals surface area contributed by atoms with Crippen LogP contribution in [0.4, 0.5) is 5.95 Å². The number of fused-ring (bicyclic) bond motifs is 2. The van der Waals surface area contributed by atoms with Crippen LogP contribution in [-0.4, -0.2) is 35.0 Å². The van der Waals surface area contributed by atoms with E-state index in [1.165, 1.54) is 10.9 Å². The molecule has 11 nitrogen and oxygen atoms in total. The molecule has 33 heavy (non-hydrogen) atoms. The molecule has 0 bridgehead atoms. The number of anilines is 1. The number of aromatic nitrogens is 6. The lowest BCUT2D eigenvalue weighted by atomic mass is 10.2. The maximum absolute atomic E-state index is 12.8. The van der Waals surface area contributed by atoms with Gasteiger partial charge in [0.1, 0.15) is 23.4 Å². The van der Waals surface area contributed by atoms with Crippen molar-refractivity contribution >= 4 is 28.5 Å². The lowest BCUT2D eigenvalue weighted by Gasteiger charge is -2.12. The summed E-state index contributed by atoms with van der Waals surface area (Å²) in [5, 5.41) is 4.37. The number of carbonyl (C=O) groups excluding carboxylic acids is 1. The highest BCUT2D eigenvalue weighted by atomic mass is 16.5. The Balaban J connectivity index is 1.30. The van der Waals surface area contributed by atoms with Crippen LogP contribution < -0.4 is 21.1 Å². The summed E-state index contributed by atoms with van der Waals surface area (Å²) in [6.45, 7) is 2.21. The average Bonchev–Trinajstić information content (AvgIpc) is 3.39. The number of nitrogens with zero attached hydrogens (tertiary/aromatic N) is 5. The number of ether oxygens (including phenoxy) is 1. The molecule has 1 amide bonds. The molecule has 0 atom stereocenters. The Morgan fingerprint density at radius 1 is 1.15 bits per heavy atom. The number of aromatic amines is 1. The maximum atomic E-state index is 12.8. The standard InChI is InChI=1S/C22H20N8O3/c1-13-7-8-18-24-14(11-30(18)10-13)12-33-17-6-4-3-5-15(17)21(32)27-28-22-25-19-16(20(31)26-22)9-23-29(19)2/h3-11H,12H2,1-2H3,(H,27,32)(H2,25,26,28,31). The van der Waals surface area contributed by atoms with Crippen LogP contribution in [0.3, 0.4) is 0 Å². The van der Waals surface area contributed by atoms with E-state index in [4.69, 9.17) is 4.74 Å². The molecule has 4 heterocycles. The van der Waals surface area contributed by atoms with E-state index in [1.807, 2.05) is 35.9 Å². The van der Waals surface area contributed by atoms with Crippen LogP contribution in [0.1, 0.15) is 21.6 Å². The van der Waals surface area contributed by atoms with Gasteiger partial charge in [0, 0.05) is 19.4 Å². The molecule has 11 heteroatoms. The van der Waals surface area contributed by atoms with Crippen LogP contribution in [0.2, 0.25) is 0 Å². The number of pyridine rings is 1.